The molecule has 0 spiro atoms. The highest BCUT2D eigenvalue weighted by Crippen LogP contribution is 2.50. The lowest BCUT2D eigenvalue weighted by Gasteiger charge is -2.03. The molecule has 0 bridgehead atoms. The first-order valence-electron chi connectivity index (χ1n) is 17.1. The summed E-state index contributed by atoms with van der Waals surface area (Å²) in [7, 11) is 0. The van der Waals surface area contributed by atoms with Crippen molar-refractivity contribution in [2.45, 2.75) is 142 Å². The number of hydrogen-bond donors (Lipinski definition) is 0. The van der Waals surface area contributed by atoms with E-state index in [0.29, 0.717) is 0 Å². The Bertz CT molecular complexity index is 1370. The third-order valence-corrected chi connectivity index (χ3v) is 13.0. The summed E-state index contributed by atoms with van der Waals surface area (Å²) in [5.74, 6) is 0. The second-order valence-electron chi connectivity index (χ2n) is 12.4. The molecule has 5 rings (SSSR count). The van der Waals surface area contributed by atoms with Crippen LogP contribution in [-0.4, -0.2) is 0 Å². The number of unbranched alkanes of at least 4 members (excludes halogenated alkanes) is 16. The first-order valence-corrected chi connectivity index (χ1v) is 19.5. The van der Waals surface area contributed by atoms with Crippen LogP contribution in [0.5, 0.6) is 0 Å². The maximum absolute atomic E-state index is 2.50. The number of hydrogen-bond acceptors (Lipinski definition) is 3. The Balaban J connectivity index is 1.14. The molecule has 3 heterocycles. The van der Waals surface area contributed by atoms with Gasteiger partial charge in [-0.15, -0.1) is 34.0 Å². The largest absolute Gasteiger partial charge is 0.133 e. The first kappa shape index (κ1) is 31.0. The molecule has 3 aromatic heterocycles. The zero-order valence-electron chi connectivity index (χ0n) is 25.8. The van der Waals surface area contributed by atoms with Crippen LogP contribution in [0.4, 0.5) is 0 Å². The molecule has 222 valence electrons. The Morgan fingerprint density at radius 2 is 0.756 bits per heavy atom. The third-order valence-electron chi connectivity index (χ3n) is 8.97. The summed E-state index contributed by atoms with van der Waals surface area (Å²) < 4.78 is 9.07. The molecule has 3 heteroatoms. The molecule has 5 aromatic rings. The molecule has 0 saturated carbocycles. The van der Waals surface area contributed by atoms with E-state index in [-0.39, 0.29) is 0 Å². The lowest BCUT2D eigenvalue weighted by atomic mass is 10.0. The van der Waals surface area contributed by atoms with E-state index in [2.05, 4.69) is 50.2 Å². The normalized spacial score (nSPS) is 12.1. The molecule has 0 amide bonds. The van der Waals surface area contributed by atoms with Crippen LogP contribution in [-0.2, 0) is 12.8 Å². The topological polar surface area (TPSA) is 0 Å². The Hall–Kier alpha value is -1.42. The monoisotopic (exact) mass is 604 g/mol. The molecule has 0 atom stereocenters. The maximum atomic E-state index is 2.50. The van der Waals surface area contributed by atoms with Gasteiger partial charge in [0.1, 0.15) is 0 Å². The van der Waals surface area contributed by atoms with Gasteiger partial charge in [-0.2, -0.15) is 0 Å². The maximum Gasteiger partial charge on any atom is 0.0642 e. The highest BCUT2D eigenvalue weighted by Gasteiger charge is 2.17. The number of thiophene rings is 3. The van der Waals surface area contributed by atoms with Gasteiger partial charge in [-0.25, -0.2) is 0 Å². The number of fused-ring (bicyclic) bond motifs is 7. The van der Waals surface area contributed by atoms with E-state index in [4.69, 9.17) is 0 Å². The zero-order valence-corrected chi connectivity index (χ0v) is 28.3. The Labute approximate surface area is 261 Å². The Morgan fingerprint density at radius 1 is 0.390 bits per heavy atom. The molecule has 0 radical (unpaired) electrons. The fourth-order valence-corrected chi connectivity index (χ4v) is 10.8. The summed E-state index contributed by atoms with van der Waals surface area (Å²) in [5.41, 5.74) is 3.06. The molecule has 0 N–H and O–H groups in total. The van der Waals surface area contributed by atoms with Crippen molar-refractivity contribution in [3.05, 3.63) is 47.5 Å². The van der Waals surface area contributed by atoms with Crippen LogP contribution in [0.15, 0.2) is 36.4 Å². The number of rotatable bonds is 20. The molecule has 2 aromatic carbocycles. The van der Waals surface area contributed by atoms with E-state index in [1.54, 1.807) is 0 Å². The molecule has 0 saturated heterocycles. The summed E-state index contributed by atoms with van der Waals surface area (Å²) in [6.07, 6.45) is 27.7. The van der Waals surface area contributed by atoms with Crippen LogP contribution < -0.4 is 0 Å². The summed E-state index contributed by atoms with van der Waals surface area (Å²) in [6, 6.07) is 14.7. The summed E-state index contributed by atoms with van der Waals surface area (Å²) in [6.45, 7) is 4.60. The van der Waals surface area contributed by atoms with Gasteiger partial charge in [0, 0.05) is 20.2 Å². The first-order chi connectivity index (χ1) is 20.3. The van der Waals surface area contributed by atoms with Crippen molar-refractivity contribution < 1.29 is 0 Å². The lowest BCUT2D eigenvalue weighted by molar-refractivity contribution is 0.565. The van der Waals surface area contributed by atoms with Crippen LogP contribution in [0, 0.1) is 0 Å². The van der Waals surface area contributed by atoms with Crippen LogP contribution in [0.1, 0.15) is 141 Å². The van der Waals surface area contributed by atoms with Gasteiger partial charge >= 0.3 is 0 Å². The molecular formula is C38H52S3. The van der Waals surface area contributed by atoms with Crippen molar-refractivity contribution >= 4 is 73.0 Å². The Morgan fingerprint density at radius 3 is 1.15 bits per heavy atom. The van der Waals surface area contributed by atoms with E-state index in [9.17, 15) is 0 Å². The zero-order chi connectivity index (χ0) is 28.3. The predicted octanol–water partition coefficient (Wildman–Crippen LogP) is 14.6. The number of aryl methyl sites for hydroxylation is 2. The summed E-state index contributed by atoms with van der Waals surface area (Å²) in [5, 5.41) is 2.95. The Kier molecular flexibility index (Phi) is 12.4. The predicted molar refractivity (Wildman–Crippen MR) is 192 cm³/mol. The van der Waals surface area contributed by atoms with Gasteiger partial charge in [-0.05, 0) is 48.9 Å². The van der Waals surface area contributed by atoms with Crippen molar-refractivity contribution in [1.82, 2.24) is 0 Å². The van der Waals surface area contributed by atoms with E-state index in [1.165, 1.54) is 179 Å². The molecule has 0 unspecified atom stereocenters. The molecule has 0 nitrogen and oxygen atoms in total. The minimum absolute atomic E-state index is 1.23. The van der Waals surface area contributed by atoms with Gasteiger partial charge in [-0.1, -0.05) is 141 Å². The minimum Gasteiger partial charge on any atom is -0.133 e. The van der Waals surface area contributed by atoms with Crippen molar-refractivity contribution in [2.75, 3.05) is 0 Å². The second kappa shape index (κ2) is 16.4. The van der Waals surface area contributed by atoms with Crippen LogP contribution >= 0.6 is 34.0 Å². The van der Waals surface area contributed by atoms with Gasteiger partial charge in [-0.3, -0.25) is 0 Å². The van der Waals surface area contributed by atoms with E-state index in [0.717, 1.165) is 0 Å². The summed E-state index contributed by atoms with van der Waals surface area (Å²) >= 11 is 6.11. The quantitative estimate of drug-likeness (QED) is 0.0775. The average Bonchev–Trinajstić information content (AvgIpc) is 3.63. The highest BCUT2D eigenvalue weighted by molar-refractivity contribution is 7.43. The highest BCUT2D eigenvalue weighted by atomic mass is 32.1. The van der Waals surface area contributed by atoms with Crippen LogP contribution in [0.25, 0.3) is 39.0 Å². The van der Waals surface area contributed by atoms with Gasteiger partial charge in [0.15, 0.2) is 0 Å². The SMILES string of the molecule is CCCCCCCCCCCc1ccc2c(c1)sc1c2sc2c3ccc(CCCCCCCCCCC)cc3sc21. The molecule has 0 aliphatic heterocycles. The van der Waals surface area contributed by atoms with Gasteiger partial charge in [0.2, 0.25) is 0 Å². The number of benzene rings is 2. The van der Waals surface area contributed by atoms with Gasteiger partial charge < -0.3 is 0 Å². The summed E-state index contributed by atoms with van der Waals surface area (Å²) in [4.78, 5) is 0. The van der Waals surface area contributed by atoms with E-state index >= 15 is 0 Å². The lowest BCUT2D eigenvalue weighted by Crippen LogP contribution is -1.86. The van der Waals surface area contributed by atoms with Crippen molar-refractivity contribution in [2.24, 2.45) is 0 Å². The van der Waals surface area contributed by atoms with Crippen molar-refractivity contribution in [3.8, 4) is 0 Å². The van der Waals surface area contributed by atoms with Gasteiger partial charge in [0.05, 0.1) is 18.8 Å². The smallest absolute Gasteiger partial charge is 0.0642 e. The molecular weight excluding hydrogens is 553 g/mol. The second-order valence-corrected chi connectivity index (χ2v) is 15.6. The van der Waals surface area contributed by atoms with Gasteiger partial charge in [0.25, 0.3) is 0 Å². The van der Waals surface area contributed by atoms with E-state index in [1.807, 2.05) is 34.0 Å². The molecule has 41 heavy (non-hydrogen) atoms. The third kappa shape index (κ3) is 8.36. The fourth-order valence-electron chi connectivity index (χ4n) is 6.43. The van der Waals surface area contributed by atoms with Crippen LogP contribution in [0.3, 0.4) is 0 Å². The minimum atomic E-state index is 1.23. The fraction of sp³-hybridized carbons (Fsp3) is 0.579. The standard InChI is InChI=1S/C38H52S3/c1-3-5-7-9-11-13-15-17-19-21-29-23-25-31-33(27-29)39-37-35(31)41-36-32-26-24-30(28-34(32)40-38(36)37)22-20-18-16-14-12-10-8-6-4-2/h23-28H,3-22H2,1-2H3. The van der Waals surface area contributed by atoms with E-state index < -0.39 is 0 Å². The van der Waals surface area contributed by atoms with Crippen LogP contribution in [0.2, 0.25) is 0 Å². The average molecular weight is 605 g/mol. The molecule has 0 aliphatic rings. The van der Waals surface area contributed by atoms with Crippen molar-refractivity contribution in [3.63, 3.8) is 0 Å². The van der Waals surface area contributed by atoms with Crippen molar-refractivity contribution in [1.29, 1.82) is 0 Å². The molecule has 0 fully saturated rings. The molecule has 0 aliphatic carbocycles.